The molecule has 1 N–H and O–H groups in total. The van der Waals surface area contributed by atoms with Crippen LogP contribution in [0.15, 0.2) is 48.5 Å². The van der Waals surface area contributed by atoms with Crippen molar-refractivity contribution in [3.05, 3.63) is 65.5 Å². The first-order valence-corrected chi connectivity index (χ1v) is 12.9. The number of carbonyl (C=O) groups is 2. The zero-order chi connectivity index (χ0) is 26.3. The van der Waals surface area contributed by atoms with E-state index in [1.807, 2.05) is 45.0 Å². The third kappa shape index (κ3) is 7.25. The van der Waals surface area contributed by atoms with E-state index in [2.05, 4.69) is 5.32 Å². The molecule has 8 nitrogen and oxygen atoms in total. The number of anilines is 1. The van der Waals surface area contributed by atoms with Crippen molar-refractivity contribution in [1.29, 1.82) is 0 Å². The summed E-state index contributed by atoms with van der Waals surface area (Å²) < 4.78 is 41.6. The van der Waals surface area contributed by atoms with E-state index in [9.17, 15) is 22.4 Å². The number of halogens is 1. The van der Waals surface area contributed by atoms with Crippen LogP contribution in [0, 0.1) is 12.7 Å². The van der Waals surface area contributed by atoms with Gasteiger partial charge in [-0.1, -0.05) is 31.2 Å². The molecule has 0 spiro atoms. The molecule has 0 aliphatic carbocycles. The minimum atomic E-state index is -4.09. The van der Waals surface area contributed by atoms with Gasteiger partial charge in [-0.3, -0.25) is 9.59 Å². The molecule has 0 fully saturated rings. The van der Waals surface area contributed by atoms with Crippen molar-refractivity contribution in [3.8, 4) is 0 Å². The third-order valence-corrected chi connectivity index (χ3v) is 7.72. The van der Waals surface area contributed by atoms with Gasteiger partial charge in [0.25, 0.3) is 0 Å². The average molecular weight is 507 g/mol. The third-order valence-electron chi connectivity index (χ3n) is 5.90. The number of benzene rings is 2. The molecular weight excluding hydrogens is 471 g/mol. The highest BCUT2D eigenvalue weighted by Crippen LogP contribution is 2.21. The molecule has 2 amide bonds. The lowest BCUT2D eigenvalue weighted by atomic mass is 10.1. The second-order valence-corrected chi connectivity index (χ2v) is 10.8. The van der Waals surface area contributed by atoms with E-state index in [0.717, 1.165) is 38.3 Å². The standard InChI is InChI=1S/C25H35FN4O4S/c1-7-19(3)27-25(32)20(4)29(16-21-11-9-8-10-18(21)2)24(31)17-30(35(33,34)28(5)6)23-14-12-22(26)13-15-23/h8-15,19-20H,7,16-17H2,1-6H3,(H,27,32)/t19-,20+/m0/s1. The molecule has 0 unspecified atom stereocenters. The number of hydrogen-bond acceptors (Lipinski definition) is 4. The Hall–Kier alpha value is -2.98. The minimum absolute atomic E-state index is 0.0785. The predicted octanol–water partition coefficient (Wildman–Crippen LogP) is 3.08. The van der Waals surface area contributed by atoms with Crippen molar-refractivity contribution in [3.63, 3.8) is 0 Å². The van der Waals surface area contributed by atoms with Crippen molar-refractivity contribution in [2.45, 2.75) is 52.7 Å². The fraction of sp³-hybridized carbons (Fsp3) is 0.440. The molecule has 2 aromatic rings. The van der Waals surface area contributed by atoms with Gasteiger partial charge in [0.1, 0.15) is 18.4 Å². The van der Waals surface area contributed by atoms with E-state index in [4.69, 9.17) is 0 Å². The van der Waals surface area contributed by atoms with Crippen LogP contribution in [0.1, 0.15) is 38.3 Å². The normalized spacial score (nSPS) is 13.3. The molecule has 0 aliphatic heterocycles. The molecule has 10 heteroatoms. The Bertz CT molecular complexity index is 1120. The molecule has 0 radical (unpaired) electrons. The van der Waals surface area contributed by atoms with Gasteiger partial charge >= 0.3 is 10.2 Å². The van der Waals surface area contributed by atoms with Crippen LogP contribution in [0.4, 0.5) is 10.1 Å². The summed E-state index contributed by atoms with van der Waals surface area (Å²) in [5, 5.41) is 2.89. The Kier molecular flexibility index (Phi) is 9.79. The highest BCUT2D eigenvalue weighted by atomic mass is 32.2. The Morgan fingerprint density at radius 3 is 2.17 bits per heavy atom. The number of rotatable bonds is 11. The van der Waals surface area contributed by atoms with Gasteiger partial charge in [0.05, 0.1) is 5.69 Å². The van der Waals surface area contributed by atoms with Crippen molar-refractivity contribution < 1.29 is 22.4 Å². The lowest BCUT2D eigenvalue weighted by Gasteiger charge is -2.33. The van der Waals surface area contributed by atoms with Crippen molar-refractivity contribution in [2.24, 2.45) is 0 Å². The molecular formula is C25H35FN4O4S. The molecule has 0 aromatic heterocycles. The van der Waals surface area contributed by atoms with E-state index in [0.29, 0.717) is 0 Å². The van der Waals surface area contributed by atoms with Crippen LogP contribution in [0.2, 0.25) is 0 Å². The molecule has 0 heterocycles. The molecule has 2 atom stereocenters. The van der Waals surface area contributed by atoms with Gasteiger partial charge in [0.15, 0.2) is 0 Å². The van der Waals surface area contributed by atoms with Gasteiger partial charge in [-0.15, -0.1) is 0 Å². The van der Waals surface area contributed by atoms with E-state index in [-0.39, 0.29) is 24.2 Å². The number of amides is 2. The highest BCUT2D eigenvalue weighted by Gasteiger charge is 2.33. The lowest BCUT2D eigenvalue weighted by molar-refractivity contribution is -0.139. The van der Waals surface area contributed by atoms with E-state index in [1.165, 1.54) is 31.1 Å². The Morgan fingerprint density at radius 1 is 1.03 bits per heavy atom. The number of nitrogens with zero attached hydrogens (tertiary/aromatic N) is 3. The van der Waals surface area contributed by atoms with Crippen molar-refractivity contribution in [1.82, 2.24) is 14.5 Å². The van der Waals surface area contributed by atoms with Crippen LogP contribution in [0.5, 0.6) is 0 Å². The second-order valence-electron chi connectivity index (χ2n) is 8.72. The SMILES string of the molecule is CC[C@H](C)NC(=O)[C@@H](C)N(Cc1ccccc1C)C(=O)CN(c1ccc(F)cc1)S(=O)(=O)N(C)C. The van der Waals surface area contributed by atoms with E-state index < -0.39 is 34.5 Å². The molecule has 0 saturated heterocycles. The molecule has 0 bridgehead atoms. The number of nitrogens with one attached hydrogen (secondary N) is 1. The zero-order valence-corrected chi connectivity index (χ0v) is 22.0. The van der Waals surface area contributed by atoms with Gasteiger partial charge in [-0.25, -0.2) is 8.70 Å². The van der Waals surface area contributed by atoms with Crippen molar-refractivity contribution in [2.75, 3.05) is 24.9 Å². The molecule has 0 saturated carbocycles. The molecule has 192 valence electrons. The summed E-state index contributed by atoms with van der Waals surface area (Å²) in [6.07, 6.45) is 0.726. The summed E-state index contributed by atoms with van der Waals surface area (Å²) in [5.74, 6) is -1.42. The zero-order valence-electron chi connectivity index (χ0n) is 21.2. The van der Waals surface area contributed by atoms with Crippen LogP contribution >= 0.6 is 0 Å². The first-order chi connectivity index (χ1) is 16.4. The number of hydrogen-bond donors (Lipinski definition) is 1. The van der Waals surface area contributed by atoms with Crippen molar-refractivity contribution >= 4 is 27.7 Å². The summed E-state index contributed by atoms with van der Waals surface area (Å²) in [6.45, 7) is 6.91. The molecule has 2 rings (SSSR count). The molecule has 0 aliphatic rings. The topological polar surface area (TPSA) is 90.0 Å². The number of carbonyl (C=O) groups excluding carboxylic acids is 2. The van der Waals surface area contributed by atoms with E-state index in [1.54, 1.807) is 6.92 Å². The summed E-state index contributed by atoms with van der Waals surface area (Å²) in [4.78, 5) is 27.9. The van der Waals surface area contributed by atoms with Gasteiger partial charge in [0.2, 0.25) is 11.8 Å². The average Bonchev–Trinajstić information content (AvgIpc) is 2.81. The Balaban J connectivity index is 2.46. The first-order valence-electron chi connectivity index (χ1n) is 11.5. The Labute approximate surface area is 207 Å². The minimum Gasteiger partial charge on any atom is -0.352 e. The lowest BCUT2D eigenvalue weighted by Crippen LogP contribution is -2.53. The maximum absolute atomic E-state index is 13.6. The summed E-state index contributed by atoms with van der Waals surface area (Å²) in [5.41, 5.74) is 1.92. The smallest absolute Gasteiger partial charge is 0.304 e. The fourth-order valence-corrected chi connectivity index (χ4v) is 4.40. The van der Waals surface area contributed by atoms with Crippen LogP contribution in [0.3, 0.4) is 0 Å². The second kappa shape index (κ2) is 12.1. The fourth-order valence-electron chi connectivity index (χ4n) is 3.34. The van der Waals surface area contributed by atoms with Crippen LogP contribution in [0.25, 0.3) is 0 Å². The largest absolute Gasteiger partial charge is 0.352 e. The van der Waals surface area contributed by atoms with Gasteiger partial charge in [-0.05, 0) is 62.6 Å². The van der Waals surface area contributed by atoms with Gasteiger partial charge in [0, 0.05) is 26.7 Å². The highest BCUT2D eigenvalue weighted by molar-refractivity contribution is 7.90. The number of aryl methyl sites for hydroxylation is 1. The van der Waals surface area contributed by atoms with E-state index >= 15 is 0 Å². The first kappa shape index (κ1) is 28.3. The monoisotopic (exact) mass is 506 g/mol. The maximum atomic E-state index is 13.6. The van der Waals surface area contributed by atoms with Crippen LogP contribution in [-0.2, 0) is 26.3 Å². The van der Waals surface area contributed by atoms with Crippen LogP contribution in [-0.4, -0.2) is 62.2 Å². The predicted molar refractivity (Wildman–Crippen MR) is 135 cm³/mol. The van der Waals surface area contributed by atoms with Crippen LogP contribution < -0.4 is 9.62 Å². The molecule has 35 heavy (non-hydrogen) atoms. The Morgan fingerprint density at radius 2 is 1.63 bits per heavy atom. The molecule has 2 aromatic carbocycles. The maximum Gasteiger partial charge on any atom is 0.304 e. The summed E-state index contributed by atoms with van der Waals surface area (Å²) in [7, 11) is -1.39. The quantitative estimate of drug-likeness (QED) is 0.507. The summed E-state index contributed by atoms with van der Waals surface area (Å²) in [6, 6.07) is 11.4. The van der Waals surface area contributed by atoms with Gasteiger partial charge < -0.3 is 10.2 Å². The van der Waals surface area contributed by atoms with Gasteiger partial charge in [-0.2, -0.15) is 12.7 Å². The summed E-state index contributed by atoms with van der Waals surface area (Å²) >= 11 is 0.